The van der Waals surface area contributed by atoms with Crippen molar-refractivity contribution in [2.24, 2.45) is 0 Å². The van der Waals surface area contributed by atoms with E-state index >= 15 is 0 Å². The van der Waals surface area contributed by atoms with Crippen LogP contribution in [-0.4, -0.2) is 22.5 Å². The summed E-state index contributed by atoms with van der Waals surface area (Å²) in [5, 5.41) is 12.7. The Morgan fingerprint density at radius 2 is 2.14 bits per heavy atom. The molecule has 1 aliphatic carbocycles. The molecule has 5 heteroatoms. The van der Waals surface area contributed by atoms with Crippen molar-refractivity contribution >= 4 is 22.8 Å². The number of carbonyl (C=O) groups is 2. The summed E-state index contributed by atoms with van der Waals surface area (Å²) in [5.41, 5.74) is 1.67. The molecule has 2 aromatic rings. The molecule has 1 aliphatic rings. The Kier molecular flexibility index (Phi) is 3.64. The van der Waals surface area contributed by atoms with E-state index in [0.717, 1.165) is 23.8 Å². The number of hydrogen-bond acceptors (Lipinski definition) is 3. The van der Waals surface area contributed by atoms with Gasteiger partial charge in [-0.3, -0.25) is 9.59 Å². The summed E-state index contributed by atoms with van der Waals surface area (Å²) < 4.78 is 5.44. The Bertz CT molecular complexity index is 727. The van der Waals surface area contributed by atoms with Crippen LogP contribution in [0.5, 0.6) is 0 Å². The van der Waals surface area contributed by atoms with E-state index in [-0.39, 0.29) is 12.3 Å². The molecule has 2 N–H and O–H groups in total. The number of nitrogens with one attached hydrogen (secondary N) is 1. The lowest BCUT2D eigenvalue weighted by atomic mass is 9.74. The van der Waals surface area contributed by atoms with Gasteiger partial charge in [-0.15, -0.1) is 0 Å². The monoisotopic (exact) mass is 301 g/mol. The average molecular weight is 301 g/mol. The largest absolute Gasteiger partial charge is 0.481 e. The minimum absolute atomic E-state index is 0.0330. The van der Waals surface area contributed by atoms with Crippen LogP contribution < -0.4 is 5.32 Å². The van der Waals surface area contributed by atoms with Crippen molar-refractivity contribution in [2.75, 3.05) is 0 Å². The first kappa shape index (κ1) is 14.6. The van der Waals surface area contributed by atoms with Gasteiger partial charge in [0.05, 0.1) is 17.5 Å². The minimum Gasteiger partial charge on any atom is -0.481 e. The number of carbonyl (C=O) groups excluding carboxylic acids is 1. The zero-order chi connectivity index (χ0) is 15.7. The summed E-state index contributed by atoms with van der Waals surface area (Å²) in [6, 6.07) is 5.80. The van der Waals surface area contributed by atoms with Crippen LogP contribution in [0.4, 0.5) is 0 Å². The van der Waals surface area contributed by atoms with Gasteiger partial charge in [-0.2, -0.15) is 0 Å². The highest BCUT2D eigenvalue weighted by molar-refractivity contribution is 6.06. The summed E-state index contributed by atoms with van der Waals surface area (Å²) in [7, 11) is 0. The van der Waals surface area contributed by atoms with Crippen molar-refractivity contribution in [3.05, 3.63) is 35.6 Å². The maximum atomic E-state index is 12.5. The number of rotatable bonds is 5. The molecule has 1 heterocycles. The minimum atomic E-state index is -0.884. The number of carboxylic acids is 1. The second-order valence-electron chi connectivity index (χ2n) is 5.99. The van der Waals surface area contributed by atoms with Crippen LogP contribution in [-0.2, 0) is 11.2 Å². The normalized spacial score (nSPS) is 16.2. The number of amides is 1. The molecule has 1 saturated carbocycles. The van der Waals surface area contributed by atoms with Gasteiger partial charge in [0.25, 0.3) is 5.91 Å². The van der Waals surface area contributed by atoms with E-state index in [1.165, 1.54) is 6.26 Å². The maximum absolute atomic E-state index is 12.5. The molecule has 116 valence electrons. The van der Waals surface area contributed by atoms with Crippen LogP contribution in [0.2, 0.25) is 0 Å². The van der Waals surface area contributed by atoms with Crippen LogP contribution in [0.3, 0.4) is 0 Å². The Hall–Kier alpha value is -2.30. The molecule has 0 bridgehead atoms. The van der Waals surface area contributed by atoms with Crippen molar-refractivity contribution < 1.29 is 19.1 Å². The van der Waals surface area contributed by atoms with Gasteiger partial charge >= 0.3 is 5.97 Å². The lowest BCUT2D eigenvalue weighted by molar-refractivity contribution is -0.139. The third kappa shape index (κ3) is 2.58. The molecule has 5 nitrogen and oxygen atoms in total. The number of aliphatic carboxylic acids is 1. The molecule has 0 spiro atoms. The van der Waals surface area contributed by atoms with E-state index in [1.807, 2.05) is 18.2 Å². The van der Waals surface area contributed by atoms with Gasteiger partial charge in [0, 0.05) is 5.39 Å². The van der Waals surface area contributed by atoms with Crippen LogP contribution >= 0.6 is 0 Å². The molecule has 0 atom stereocenters. The summed E-state index contributed by atoms with van der Waals surface area (Å²) in [6.45, 7) is 2.05. The van der Waals surface area contributed by atoms with Gasteiger partial charge in [-0.1, -0.05) is 13.0 Å². The molecule has 3 rings (SSSR count). The summed E-state index contributed by atoms with van der Waals surface area (Å²) in [4.78, 5) is 23.5. The van der Waals surface area contributed by atoms with Crippen LogP contribution in [0.25, 0.3) is 11.0 Å². The van der Waals surface area contributed by atoms with Gasteiger partial charge in [0.15, 0.2) is 0 Å². The van der Waals surface area contributed by atoms with Crippen LogP contribution in [0.1, 0.15) is 48.5 Å². The van der Waals surface area contributed by atoms with E-state index in [4.69, 9.17) is 9.52 Å². The van der Waals surface area contributed by atoms with E-state index in [0.29, 0.717) is 24.0 Å². The second-order valence-corrected chi connectivity index (χ2v) is 5.99. The SMILES string of the molecule is CCc1ccc2occ(C(=O)NC3(CC(=O)O)CCC3)c2c1. The predicted octanol–water partition coefficient (Wildman–Crippen LogP) is 3.12. The fourth-order valence-corrected chi connectivity index (χ4v) is 3.02. The first-order valence-electron chi connectivity index (χ1n) is 7.57. The molecule has 0 saturated heterocycles. The average Bonchev–Trinajstić information content (AvgIpc) is 2.87. The van der Waals surface area contributed by atoms with Gasteiger partial charge < -0.3 is 14.8 Å². The predicted molar refractivity (Wildman–Crippen MR) is 81.9 cm³/mol. The second kappa shape index (κ2) is 5.48. The van der Waals surface area contributed by atoms with Gasteiger partial charge in [0.2, 0.25) is 0 Å². The lowest BCUT2D eigenvalue weighted by Crippen LogP contribution is -2.54. The molecule has 0 aliphatic heterocycles. The standard InChI is InChI=1S/C17H19NO4/c1-2-11-4-5-14-12(8-11)13(10-22-14)16(21)18-17(6-3-7-17)9-15(19)20/h4-5,8,10H,2-3,6-7,9H2,1H3,(H,18,21)(H,19,20). The van der Waals surface area contributed by atoms with E-state index in [9.17, 15) is 9.59 Å². The van der Waals surface area contributed by atoms with E-state index in [1.54, 1.807) is 0 Å². The molecule has 0 radical (unpaired) electrons. The van der Waals surface area contributed by atoms with Crippen molar-refractivity contribution in [2.45, 2.75) is 44.6 Å². The molecular formula is C17H19NO4. The van der Waals surface area contributed by atoms with Crippen molar-refractivity contribution in [3.63, 3.8) is 0 Å². The Labute approximate surface area is 128 Å². The smallest absolute Gasteiger partial charge is 0.305 e. The van der Waals surface area contributed by atoms with E-state index < -0.39 is 11.5 Å². The summed E-state index contributed by atoms with van der Waals surface area (Å²) in [6.07, 6.45) is 4.66. The lowest BCUT2D eigenvalue weighted by Gasteiger charge is -2.41. The number of hydrogen-bond donors (Lipinski definition) is 2. The van der Waals surface area contributed by atoms with Gasteiger partial charge in [-0.25, -0.2) is 0 Å². The molecule has 1 fully saturated rings. The fraction of sp³-hybridized carbons (Fsp3) is 0.412. The van der Waals surface area contributed by atoms with Crippen molar-refractivity contribution in [3.8, 4) is 0 Å². The van der Waals surface area contributed by atoms with Crippen molar-refractivity contribution in [1.29, 1.82) is 0 Å². The van der Waals surface area contributed by atoms with Crippen molar-refractivity contribution in [1.82, 2.24) is 5.32 Å². The van der Waals surface area contributed by atoms with Gasteiger partial charge in [-0.05, 0) is 43.4 Å². The zero-order valence-corrected chi connectivity index (χ0v) is 12.5. The number of fused-ring (bicyclic) bond motifs is 1. The van der Waals surface area contributed by atoms with Crippen LogP contribution in [0, 0.1) is 0 Å². The molecular weight excluding hydrogens is 282 g/mol. The Balaban J connectivity index is 1.87. The topological polar surface area (TPSA) is 79.5 Å². The van der Waals surface area contributed by atoms with E-state index in [2.05, 4.69) is 12.2 Å². The third-order valence-corrected chi connectivity index (χ3v) is 4.47. The molecule has 0 unspecified atom stereocenters. The highest BCUT2D eigenvalue weighted by Crippen LogP contribution is 2.35. The first-order valence-corrected chi connectivity index (χ1v) is 7.57. The number of carboxylic acid groups (broad SMARTS) is 1. The highest BCUT2D eigenvalue weighted by atomic mass is 16.4. The molecule has 1 amide bonds. The zero-order valence-electron chi connectivity index (χ0n) is 12.5. The Morgan fingerprint density at radius 1 is 1.36 bits per heavy atom. The highest BCUT2D eigenvalue weighted by Gasteiger charge is 2.40. The number of aryl methyl sites for hydroxylation is 1. The first-order chi connectivity index (χ1) is 10.5. The summed E-state index contributed by atoms with van der Waals surface area (Å²) >= 11 is 0. The fourth-order valence-electron chi connectivity index (χ4n) is 3.02. The summed E-state index contributed by atoms with van der Waals surface area (Å²) in [5.74, 6) is -1.14. The quantitative estimate of drug-likeness (QED) is 0.889. The number of benzene rings is 1. The van der Waals surface area contributed by atoms with Crippen LogP contribution in [0.15, 0.2) is 28.9 Å². The van der Waals surface area contributed by atoms with Gasteiger partial charge in [0.1, 0.15) is 11.8 Å². The number of furan rings is 1. The maximum Gasteiger partial charge on any atom is 0.305 e. The third-order valence-electron chi connectivity index (χ3n) is 4.47. The molecule has 1 aromatic heterocycles. The molecule has 1 aromatic carbocycles. The molecule has 22 heavy (non-hydrogen) atoms. The Morgan fingerprint density at radius 3 is 2.73 bits per heavy atom.